The molecule has 0 aliphatic rings. The molecule has 0 aromatic carbocycles. The van der Waals surface area contributed by atoms with Gasteiger partial charge in [0.1, 0.15) is 5.54 Å². The van der Waals surface area contributed by atoms with Gasteiger partial charge in [0.05, 0.1) is 25.9 Å². The van der Waals surface area contributed by atoms with E-state index in [0.717, 1.165) is 0 Å². The number of methoxy groups -OCH3 is 1. The predicted molar refractivity (Wildman–Crippen MR) is 63.0 cm³/mol. The fraction of sp³-hybridized carbons (Fsp3) is 0.909. The van der Waals surface area contributed by atoms with Crippen molar-refractivity contribution in [1.29, 1.82) is 0 Å². The van der Waals surface area contributed by atoms with Crippen molar-refractivity contribution in [2.24, 2.45) is 0 Å². The monoisotopic (exact) mass is 249 g/mol. The van der Waals surface area contributed by atoms with E-state index in [1.807, 2.05) is 0 Å². The lowest BCUT2D eigenvalue weighted by Gasteiger charge is -2.26. The second kappa shape index (κ2) is 8.41. The highest BCUT2D eigenvalue weighted by atomic mass is 16.5. The number of aliphatic hydroxyl groups excluding tert-OH is 1. The number of aliphatic hydroxyl groups is 1. The zero-order valence-corrected chi connectivity index (χ0v) is 10.7. The molecule has 17 heavy (non-hydrogen) atoms. The van der Waals surface area contributed by atoms with Crippen LogP contribution in [0.4, 0.5) is 0 Å². The van der Waals surface area contributed by atoms with Crippen molar-refractivity contribution >= 4 is 5.97 Å². The van der Waals surface area contributed by atoms with E-state index in [-0.39, 0.29) is 13.2 Å². The maximum absolute atomic E-state index is 11.0. The molecule has 0 bridgehead atoms. The fourth-order valence-corrected chi connectivity index (χ4v) is 1.12. The third-order valence-corrected chi connectivity index (χ3v) is 2.65. The SMILES string of the molecule is CCC(C)(NCC(O)COCCOC)C(=O)O. The van der Waals surface area contributed by atoms with Crippen molar-refractivity contribution in [1.82, 2.24) is 5.32 Å². The van der Waals surface area contributed by atoms with Crippen LogP contribution in [0.1, 0.15) is 20.3 Å². The van der Waals surface area contributed by atoms with Crippen LogP contribution in [0, 0.1) is 0 Å². The lowest BCUT2D eigenvalue weighted by molar-refractivity contribution is -0.144. The molecule has 0 aliphatic carbocycles. The molecule has 2 atom stereocenters. The van der Waals surface area contributed by atoms with Crippen LogP contribution >= 0.6 is 0 Å². The average Bonchev–Trinajstić information content (AvgIpc) is 2.31. The number of carboxylic acid groups (broad SMARTS) is 1. The number of ether oxygens (including phenoxy) is 2. The molecule has 0 amide bonds. The third-order valence-electron chi connectivity index (χ3n) is 2.65. The summed E-state index contributed by atoms with van der Waals surface area (Å²) in [6, 6.07) is 0. The Kier molecular flexibility index (Phi) is 8.07. The van der Waals surface area contributed by atoms with E-state index in [1.54, 1.807) is 21.0 Å². The number of carbonyl (C=O) groups is 1. The van der Waals surface area contributed by atoms with E-state index in [2.05, 4.69) is 5.32 Å². The van der Waals surface area contributed by atoms with Crippen LogP contribution < -0.4 is 5.32 Å². The molecule has 102 valence electrons. The Hall–Kier alpha value is -0.690. The molecular formula is C11H23NO5. The Balaban J connectivity index is 3.81. The second-order valence-electron chi connectivity index (χ2n) is 4.09. The van der Waals surface area contributed by atoms with Gasteiger partial charge in [-0.05, 0) is 13.3 Å². The first-order chi connectivity index (χ1) is 7.96. The van der Waals surface area contributed by atoms with Crippen molar-refractivity contribution in [3.8, 4) is 0 Å². The molecule has 0 rings (SSSR count). The number of rotatable bonds is 10. The predicted octanol–water partition coefficient (Wildman–Crippen LogP) is -0.147. The molecule has 0 saturated carbocycles. The first-order valence-corrected chi connectivity index (χ1v) is 5.69. The van der Waals surface area contributed by atoms with E-state index in [9.17, 15) is 9.90 Å². The molecule has 0 aromatic heterocycles. The largest absolute Gasteiger partial charge is 0.480 e. The summed E-state index contributed by atoms with van der Waals surface area (Å²) < 4.78 is 9.92. The van der Waals surface area contributed by atoms with E-state index >= 15 is 0 Å². The number of hydrogen-bond donors (Lipinski definition) is 3. The normalized spacial score (nSPS) is 16.5. The van der Waals surface area contributed by atoms with Crippen LogP contribution in [-0.2, 0) is 14.3 Å². The number of aliphatic carboxylic acids is 1. The lowest BCUT2D eigenvalue weighted by Crippen LogP contribution is -2.51. The number of hydrogen-bond acceptors (Lipinski definition) is 5. The quantitative estimate of drug-likeness (QED) is 0.467. The summed E-state index contributed by atoms with van der Waals surface area (Å²) in [7, 11) is 1.57. The highest BCUT2D eigenvalue weighted by Crippen LogP contribution is 2.08. The molecule has 0 spiro atoms. The Morgan fingerprint density at radius 2 is 2.12 bits per heavy atom. The van der Waals surface area contributed by atoms with Crippen molar-refractivity contribution < 1.29 is 24.5 Å². The van der Waals surface area contributed by atoms with Gasteiger partial charge in [0.25, 0.3) is 0 Å². The summed E-state index contributed by atoms with van der Waals surface area (Å²) in [6.45, 7) is 4.61. The molecule has 3 N–H and O–H groups in total. The van der Waals surface area contributed by atoms with Crippen molar-refractivity contribution in [2.45, 2.75) is 31.9 Å². The standard InChI is InChI=1S/C11H23NO5/c1-4-11(2,10(14)15)12-7-9(13)8-17-6-5-16-3/h9,12-13H,4-8H2,1-3H3,(H,14,15). The summed E-state index contributed by atoms with van der Waals surface area (Å²) >= 11 is 0. The Morgan fingerprint density at radius 1 is 1.47 bits per heavy atom. The number of carboxylic acids is 1. The average molecular weight is 249 g/mol. The Labute approximate surface area is 102 Å². The minimum Gasteiger partial charge on any atom is -0.480 e. The van der Waals surface area contributed by atoms with Crippen LogP contribution in [0.3, 0.4) is 0 Å². The molecule has 0 radical (unpaired) electrons. The molecule has 6 heteroatoms. The maximum Gasteiger partial charge on any atom is 0.323 e. The summed E-state index contributed by atoms with van der Waals surface area (Å²) in [5.41, 5.74) is -1.01. The van der Waals surface area contributed by atoms with Gasteiger partial charge in [0, 0.05) is 13.7 Å². The van der Waals surface area contributed by atoms with Gasteiger partial charge in [-0.15, -0.1) is 0 Å². The minimum absolute atomic E-state index is 0.162. The summed E-state index contributed by atoms with van der Waals surface area (Å²) in [5.74, 6) is -0.924. The van der Waals surface area contributed by atoms with Crippen molar-refractivity contribution in [3.05, 3.63) is 0 Å². The van der Waals surface area contributed by atoms with Gasteiger partial charge in [-0.2, -0.15) is 0 Å². The van der Waals surface area contributed by atoms with Gasteiger partial charge in [-0.3, -0.25) is 10.1 Å². The maximum atomic E-state index is 11.0. The Bertz CT molecular complexity index is 224. The first-order valence-electron chi connectivity index (χ1n) is 5.69. The molecule has 0 fully saturated rings. The first kappa shape index (κ1) is 16.3. The highest BCUT2D eigenvalue weighted by Gasteiger charge is 2.30. The fourth-order valence-electron chi connectivity index (χ4n) is 1.12. The Morgan fingerprint density at radius 3 is 2.59 bits per heavy atom. The minimum atomic E-state index is -1.01. The van der Waals surface area contributed by atoms with E-state index in [0.29, 0.717) is 19.6 Å². The summed E-state index contributed by atoms with van der Waals surface area (Å²) in [5, 5.41) is 21.4. The van der Waals surface area contributed by atoms with Crippen LogP contribution in [-0.4, -0.2) is 61.3 Å². The van der Waals surface area contributed by atoms with Crippen LogP contribution in [0.25, 0.3) is 0 Å². The van der Waals surface area contributed by atoms with Gasteiger partial charge < -0.3 is 19.7 Å². The molecule has 6 nitrogen and oxygen atoms in total. The van der Waals surface area contributed by atoms with Crippen LogP contribution in [0.15, 0.2) is 0 Å². The second-order valence-corrected chi connectivity index (χ2v) is 4.09. The van der Waals surface area contributed by atoms with Crippen molar-refractivity contribution in [2.75, 3.05) is 33.5 Å². The van der Waals surface area contributed by atoms with Crippen molar-refractivity contribution in [3.63, 3.8) is 0 Å². The molecule has 2 unspecified atom stereocenters. The molecule has 0 saturated heterocycles. The molecular weight excluding hydrogens is 226 g/mol. The zero-order chi connectivity index (χ0) is 13.3. The topological polar surface area (TPSA) is 88.0 Å². The van der Waals surface area contributed by atoms with Crippen LogP contribution in [0.2, 0.25) is 0 Å². The van der Waals surface area contributed by atoms with Gasteiger partial charge >= 0.3 is 5.97 Å². The third kappa shape index (κ3) is 6.58. The smallest absolute Gasteiger partial charge is 0.323 e. The van der Waals surface area contributed by atoms with E-state index in [1.165, 1.54) is 0 Å². The summed E-state index contributed by atoms with van der Waals surface area (Å²) in [6.07, 6.45) is -0.281. The van der Waals surface area contributed by atoms with Gasteiger partial charge in [-0.1, -0.05) is 6.92 Å². The van der Waals surface area contributed by atoms with Crippen LogP contribution in [0.5, 0.6) is 0 Å². The van der Waals surface area contributed by atoms with E-state index in [4.69, 9.17) is 14.6 Å². The lowest BCUT2D eigenvalue weighted by atomic mass is 9.99. The van der Waals surface area contributed by atoms with E-state index < -0.39 is 17.6 Å². The number of β-amino-alcohol motifs (C(OH)–C–C–N with tert-alkyl or cyclic N) is 1. The molecule has 0 aliphatic heterocycles. The van der Waals surface area contributed by atoms with Gasteiger partial charge in [0.15, 0.2) is 0 Å². The molecule has 0 aromatic rings. The highest BCUT2D eigenvalue weighted by molar-refractivity contribution is 5.78. The van der Waals surface area contributed by atoms with Gasteiger partial charge in [-0.25, -0.2) is 0 Å². The zero-order valence-electron chi connectivity index (χ0n) is 10.7. The summed E-state index contributed by atoms with van der Waals surface area (Å²) in [4.78, 5) is 11.0. The van der Waals surface area contributed by atoms with Gasteiger partial charge in [0.2, 0.25) is 0 Å². The molecule has 0 heterocycles. The number of nitrogens with one attached hydrogen (secondary N) is 1.